The zero-order valence-corrected chi connectivity index (χ0v) is 7.76. The Bertz CT molecular complexity index is 447. The normalized spacial score (nSPS) is 11.0. The maximum Gasteiger partial charge on any atom is 0.400 e. The van der Waals surface area contributed by atoms with E-state index in [0.717, 1.165) is 0 Å². The van der Waals surface area contributed by atoms with Crippen LogP contribution in [-0.2, 0) is 0 Å². The number of aromatic nitrogens is 2. The summed E-state index contributed by atoms with van der Waals surface area (Å²) < 4.78 is 6.17. The van der Waals surface area contributed by atoms with E-state index in [4.69, 9.17) is 10.2 Å². The van der Waals surface area contributed by atoms with Crippen molar-refractivity contribution in [1.29, 1.82) is 0 Å². The minimum Gasteiger partial charge on any atom is -0.739 e. The van der Waals surface area contributed by atoms with Crippen molar-refractivity contribution in [3.63, 3.8) is 0 Å². The maximum atomic E-state index is 11.6. The maximum absolute atomic E-state index is 11.6. The number of nitrogens with zero attached hydrogens (tertiary/aromatic N) is 3. The number of anilines is 2. The second kappa shape index (κ2) is 2.47. The highest BCUT2D eigenvalue weighted by Gasteiger charge is 2.25. The summed E-state index contributed by atoms with van der Waals surface area (Å²) >= 11 is 0. The van der Waals surface area contributed by atoms with Crippen molar-refractivity contribution >= 4 is 23.1 Å². The van der Waals surface area contributed by atoms with Crippen molar-refractivity contribution in [1.82, 2.24) is 4.73 Å². The van der Waals surface area contributed by atoms with Crippen LogP contribution in [0.5, 0.6) is 0 Å². The molecular weight excluding hydrogens is 188 g/mol. The second-order valence-electron chi connectivity index (χ2n) is 3.14. The molecule has 0 atom stereocenters. The molecule has 0 aliphatic carbocycles. The number of furan rings is 1. The Balaban J connectivity index is 2.81. The van der Waals surface area contributed by atoms with Gasteiger partial charge in [0.15, 0.2) is 11.4 Å². The summed E-state index contributed by atoms with van der Waals surface area (Å²) in [6.45, 7) is 0. The molecule has 0 saturated heterocycles. The van der Waals surface area contributed by atoms with Crippen LogP contribution in [0.3, 0.4) is 0 Å². The average molecular weight is 198 g/mol. The molecule has 0 unspecified atom stereocenters. The second-order valence-corrected chi connectivity index (χ2v) is 3.14. The van der Waals surface area contributed by atoms with Gasteiger partial charge in [-0.25, -0.2) is 4.73 Å². The van der Waals surface area contributed by atoms with E-state index in [-0.39, 0.29) is 23.1 Å². The van der Waals surface area contributed by atoms with Crippen molar-refractivity contribution in [3.05, 3.63) is 11.3 Å². The minimum absolute atomic E-state index is 0.0428. The van der Waals surface area contributed by atoms with Gasteiger partial charge in [-0.2, -0.15) is 0 Å². The van der Waals surface area contributed by atoms with Crippen LogP contribution in [0, 0.1) is 5.21 Å². The van der Waals surface area contributed by atoms with Crippen LogP contribution in [0.4, 0.5) is 11.8 Å². The van der Waals surface area contributed by atoms with Crippen molar-refractivity contribution in [2.24, 2.45) is 0 Å². The zero-order chi connectivity index (χ0) is 10.5. The Morgan fingerprint density at radius 1 is 1.64 bits per heavy atom. The van der Waals surface area contributed by atoms with E-state index >= 15 is 0 Å². The molecule has 0 amide bonds. The third-order valence-electron chi connectivity index (χ3n) is 1.89. The van der Waals surface area contributed by atoms with E-state index in [0.29, 0.717) is 9.46 Å². The van der Waals surface area contributed by atoms with E-state index in [1.54, 1.807) is 14.1 Å². The predicted molar refractivity (Wildman–Crippen MR) is 49.1 cm³/mol. The highest BCUT2D eigenvalue weighted by Crippen LogP contribution is 2.22. The summed E-state index contributed by atoms with van der Waals surface area (Å²) in [4.78, 5) is 1.47. The van der Waals surface area contributed by atoms with Gasteiger partial charge in [0.25, 0.3) is 0 Å². The van der Waals surface area contributed by atoms with Gasteiger partial charge in [-0.1, -0.05) is 0 Å². The number of hydrogen-bond acceptors (Lipinski definition) is 5. The van der Waals surface area contributed by atoms with Crippen LogP contribution in [0.25, 0.3) is 11.2 Å². The molecule has 76 valence electrons. The third kappa shape index (κ3) is 0.889. The first-order valence-electron chi connectivity index (χ1n) is 3.92. The van der Waals surface area contributed by atoms with E-state index < -0.39 is 0 Å². The molecule has 0 bridgehead atoms. The van der Waals surface area contributed by atoms with Gasteiger partial charge in [0.2, 0.25) is 0 Å². The molecule has 0 aliphatic heterocycles. The number of hydrogen-bond donors (Lipinski definition) is 2. The van der Waals surface area contributed by atoms with Gasteiger partial charge in [0, 0.05) is 6.07 Å². The van der Waals surface area contributed by atoms with Gasteiger partial charge < -0.3 is 20.6 Å². The molecule has 0 fully saturated rings. The molecule has 0 radical (unpaired) electrons. The fourth-order valence-corrected chi connectivity index (χ4v) is 1.34. The number of rotatable bonds is 1. The standard InChI is InChI=1S/C7H10N4O3/c1-9(2)7-10(12)4-3-5(8)14-6(4)11(7)13/h3,13H,8H2,1-2H3. The predicted octanol–water partition coefficient (Wildman–Crippen LogP) is -0.247. The van der Waals surface area contributed by atoms with Gasteiger partial charge in [-0.3, -0.25) is 4.90 Å². The molecule has 2 aromatic rings. The monoisotopic (exact) mass is 198 g/mol. The Morgan fingerprint density at radius 2 is 2.29 bits per heavy atom. The zero-order valence-electron chi connectivity index (χ0n) is 7.76. The first-order chi connectivity index (χ1) is 6.52. The fraction of sp³-hybridized carbons (Fsp3) is 0.286. The van der Waals surface area contributed by atoms with Gasteiger partial charge in [0.1, 0.15) is 0 Å². The SMILES string of the molecule is CN(C)c1n(O)c2oc(N)cc2[n+]1[O-]. The summed E-state index contributed by atoms with van der Waals surface area (Å²) in [6, 6.07) is 1.36. The average Bonchev–Trinajstić information content (AvgIpc) is 2.54. The first-order valence-corrected chi connectivity index (χ1v) is 3.92. The van der Waals surface area contributed by atoms with Crippen LogP contribution < -0.4 is 15.4 Å². The van der Waals surface area contributed by atoms with Crippen LogP contribution in [0.1, 0.15) is 0 Å². The van der Waals surface area contributed by atoms with Gasteiger partial charge >= 0.3 is 11.7 Å². The smallest absolute Gasteiger partial charge is 0.400 e. The summed E-state index contributed by atoms with van der Waals surface area (Å²) in [5.41, 5.74) is 5.59. The van der Waals surface area contributed by atoms with E-state index in [9.17, 15) is 10.4 Å². The molecule has 2 rings (SSSR count). The lowest BCUT2D eigenvalue weighted by molar-refractivity contribution is -0.565. The van der Waals surface area contributed by atoms with Crippen molar-refractivity contribution in [2.45, 2.75) is 0 Å². The van der Waals surface area contributed by atoms with Crippen molar-refractivity contribution in [2.75, 3.05) is 24.7 Å². The number of imidazole rings is 1. The minimum atomic E-state index is 0.0428. The summed E-state index contributed by atoms with van der Waals surface area (Å²) in [5, 5.41) is 21.1. The largest absolute Gasteiger partial charge is 0.739 e. The first kappa shape index (κ1) is 8.54. The molecule has 0 aromatic carbocycles. The summed E-state index contributed by atoms with van der Waals surface area (Å²) in [6.07, 6.45) is 0. The quantitative estimate of drug-likeness (QED) is 0.374. The Labute approximate surface area is 79.1 Å². The number of nitrogens with two attached hydrogens (primary N) is 1. The molecule has 14 heavy (non-hydrogen) atoms. The highest BCUT2D eigenvalue weighted by atomic mass is 16.5. The molecular formula is C7H10N4O3. The Hall–Kier alpha value is -2.05. The van der Waals surface area contributed by atoms with E-state index in [2.05, 4.69) is 0 Å². The summed E-state index contributed by atoms with van der Waals surface area (Å²) in [5.74, 6) is 0.159. The third-order valence-corrected chi connectivity index (χ3v) is 1.89. The lowest BCUT2D eigenvalue weighted by atomic mass is 10.5. The number of nitrogen functional groups attached to an aromatic ring is 1. The van der Waals surface area contributed by atoms with Gasteiger partial charge in [-0.15, -0.1) is 0 Å². The van der Waals surface area contributed by atoms with E-state index in [1.165, 1.54) is 11.0 Å². The lowest BCUT2D eigenvalue weighted by Crippen LogP contribution is -2.34. The van der Waals surface area contributed by atoms with Crippen LogP contribution >= 0.6 is 0 Å². The molecule has 2 aromatic heterocycles. The van der Waals surface area contributed by atoms with Crippen LogP contribution in [0.15, 0.2) is 10.5 Å². The number of fused-ring (bicyclic) bond motifs is 1. The molecule has 7 nitrogen and oxygen atoms in total. The molecule has 0 saturated carbocycles. The highest BCUT2D eigenvalue weighted by molar-refractivity contribution is 5.71. The Morgan fingerprint density at radius 3 is 2.79 bits per heavy atom. The molecule has 7 heteroatoms. The van der Waals surface area contributed by atoms with E-state index in [1.807, 2.05) is 0 Å². The van der Waals surface area contributed by atoms with Crippen LogP contribution in [0.2, 0.25) is 0 Å². The Kier molecular flexibility index (Phi) is 1.51. The van der Waals surface area contributed by atoms with Crippen LogP contribution in [-0.4, -0.2) is 24.0 Å². The molecule has 2 heterocycles. The summed E-state index contributed by atoms with van der Waals surface area (Å²) in [7, 11) is 3.28. The van der Waals surface area contributed by atoms with Crippen molar-refractivity contribution in [3.8, 4) is 0 Å². The molecule has 0 spiro atoms. The lowest BCUT2D eigenvalue weighted by Gasteiger charge is -2.08. The van der Waals surface area contributed by atoms with Crippen molar-refractivity contribution < 1.29 is 14.4 Å². The molecule has 0 aliphatic rings. The van der Waals surface area contributed by atoms with Gasteiger partial charge in [0.05, 0.1) is 14.1 Å². The van der Waals surface area contributed by atoms with Gasteiger partial charge in [-0.05, 0) is 4.73 Å². The fourth-order valence-electron chi connectivity index (χ4n) is 1.34. The topological polar surface area (TPSA) is 94.5 Å². The molecule has 3 N–H and O–H groups in total.